The third-order valence-corrected chi connectivity index (χ3v) is 9.55. The SMILES string of the molecule is CC(=C[CH+]/C=C(C)/C=C/C=C/C(C)=C/C=C/C(C)=C\C=C1C(C)(C)CC(O)CC1(C)O)/C(O)=C/C(=O)C1(C)CC(O)CC1(C)C. The van der Waals surface area contributed by atoms with Crippen LogP contribution in [0.25, 0.3) is 0 Å². The molecule has 2 fully saturated rings. The molecule has 0 aromatic carbocycles. The molecule has 0 heterocycles. The Balaban J connectivity index is 1.92. The van der Waals surface area contributed by atoms with E-state index in [1.165, 1.54) is 6.08 Å². The van der Waals surface area contributed by atoms with E-state index in [9.17, 15) is 25.2 Å². The van der Waals surface area contributed by atoms with Crippen LogP contribution < -0.4 is 0 Å². The summed E-state index contributed by atoms with van der Waals surface area (Å²) in [6.07, 6.45) is 25.9. The maximum absolute atomic E-state index is 13.0. The van der Waals surface area contributed by atoms with Crippen LogP contribution in [0.3, 0.4) is 0 Å². The molecule has 4 unspecified atom stereocenters. The summed E-state index contributed by atoms with van der Waals surface area (Å²) >= 11 is 0. The lowest BCUT2D eigenvalue weighted by molar-refractivity contribution is -0.127. The lowest BCUT2D eigenvalue weighted by atomic mass is 9.65. The van der Waals surface area contributed by atoms with Gasteiger partial charge in [0.15, 0.2) is 11.5 Å². The van der Waals surface area contributed by atoms with Crippen molar-refractivity contribution < 1.29 is 25.2 Å². The van der Waals surface area contributed by atoms with Crippen molar-refractivity contribution in [3.63, 3.8) is 0 Å². The average Bonchev–Trinajstić information content (AvgIpc) is 3.11. The van der Waals surface area contributed by atoms with Gasteiger partial charge in [-0.3, -0.25) is 4.79 Å². The summed E-state index contributed by atoms with van der Waals surface area (Å²) < 4.78 is 0. The molecule has 4 atom stereocenters. The number of allylic oxidation sites excluding steroid dienone is 16. The molecule has 0 spiro atoms. The molecule has 2 aliphatic rings. The molecule has 246 valence electrons. The molecule has 0 aromatic heterocycles. The van der Waals surface area contributed by atoms with Gasteiger partial charge in [0.1, 0.15) is 0 Å². The first-order valence-electron chi connectivity index (χ1n) is 16.0. The molecule has 0 aliphatic heterocycles. The van der Waals surface area contributed by atoms with Crippen molar-refractivity contribution in [1.29, 1.82) is 0 Å². The zero-order chi connectivity index (χ0) is 34.2. The first kappa shape index (κ1) is 38.1. The molecule has 5 heteroatoms. The van der Waals surface area contributed by atoms with E-state index in [1.807, 2.05) is 109 Å². The third-order valence-electron chi connectivity index (χ3n) is 9.55. The van der Waals surface area contributed by atoms with Crippen LogP contribution in [0.2, 0.25) is 0 Å². The lowest BCUT2D eigenvalue weighted by Crippen LogP contribution is -2.45. The van der Waals surface area contributed by atoms with E-state index in [-0.39, 0.29) is 22.4 Å². The first-order valence-corrected chi connectivity index (χ1v) is 16.0. The molecule has 0 saturated heterocycles. The number of carbonyl (C=O) groups is 1. The van der Waals surface area contributed by atoms with Gasteiger partial charge in [0.2, 0.25) is 0 Å². The molecule has 2 saturated carbocycles. The molecule has 0 bridgehead atoms. The van der Waals surface area contributed by atoms with Gasteiger partial charge in [-0.05, 0) is 68.6 Å². The second-order valence-corrected chi connectivity index (χ2v) is 14.8. The van der Waals surface area contributed by atoms with Crippen LogP contribution in [0.4, 0.5) is 0 Å². The number of aliphatic hydroxyl groups excluding tert-OH is 3. The zero-order valence-corrected chi connectivity index (χ0v) is 29.2. The highest BCUT2D eigenvalue weighted by Gasteiger charge is 2.53. The van der Waals surface area contributed by atoms with Crippen molar-refractivity contribution >= 4 is 5.78 Å². The van der Waals surface area contributed by atoms with Gasteiger partial charge in [-0.1, -0.05) is 88.3 Å². The average molecular weight is 618 g/mol. The molecule has 45 heavy (non-hydrogen) atoms. The van der Waals surface area contributed by atoms with Crippen molar-refractivity contribution in [2.24, 2.45) is 16.2 Å². The van der Waals surface area contributed by atoms with Gasteiger partial charge >= 0.3 is 0 Å². The summed E-state index contributed by atoms with van der Waals surface area (Å²) in [4.78, 5) is 13.0. The van der Waals surface area contributed by atoms with E-state index >= 15 is 0 Å². The van der Waals surface area contributed by atoms with E-state index < -0.39 is 23.2 Å². The van der Waals surface area contributed by atoms with E-state index in [0.29, 0.717) is 31.3 Å². The summed E-state index contributed by atoms with van der Waals surface area (Å²) in [6, 6.07) is 0. The number of carbonyl (C=O) groups excluding carboxylic acids is 1. The largest absolute Gasteiger partial charge is 0.497 e. The number of rotatable bonds is 11. The Kier molecular flexibility index (Phi) is 13.1. The van der Waals surface area contributed by atoms with E-state index in [0.717, 1.165) is 22.3 Å². The predicted molar refractivity (Wildman–Crippen MR) is 187 cm³/mol. The molecule has 0 amide bonds. The smallest absolute Gasteiger partial charge is 0.178 e. The molecule has 4 N–H and O–H groups in total. The highest BCUT2D eigenvalue weighted by Crippen LogP contribution is 2.53. The Morgan fingerprint density at radius 1 is 0.756 bits per heavy atom. The Morgan fingerprint density at radius 2 is 1.31 bits per heavy atom. The summed E-state index contributed by atoms with van der Waals surface area (Å²) in [7, 11) is 0. The summed E-state index contributed by atoms with van der Waals surface area (Å²) in [5.74, 6) is -0.212. The van der Waals surface area contributed by atoms with Crippen LogP contribution >= 0.6 is 0 Å². The molecule has 0 aromatic rings. The number of hydrogen-bond acceptors (Lipinski definition) is 5. The van der Waals surface area contributed by atoms with Crippen molar-refractivity contribution in [2.45, 2.75) is 113 Å². The summed E-state index contributed by atoms with van der Waals surface area (Å²) in [5, 5.41) is 41.6. The van der Waals surface area contributed by atoms with Gasteiger partial charge in [0.25, 0.3) is 0 Å². The number of aliphatic hydroxyl groups is 4. The minimum atomic E-state index is -1.02. The molecular weight excluding hydrogens is 560 g/mol. The Bertz CT molecular complexity index is 1330. The van der Waals surface area contributed by atoms with Gasteiger partial charge in [0.05, 0.1) is 29.5 Å². The monoisotopic (exact) mass is 617 g/mol. The van der Waals surface area contributed by atoms with Crippen LogP contribution in [0.15, 0.2) is 107 Å². The van der Waals surface area contributed by atoms with Gasteiger partial charge in [0, 0.05) is 49.8 Å². The van der Waals surface area contributed by atoms with Gasteiger partial charge in [-0.15, -0.1) is 0 Å². The third kappa shape index (κ3) is 10.7. The molecule has 2 rings (SSSR count). The minimum absolute atomic E-state index is 0.0553. The molecule has 5 nitrogen and oxygen atoms in total. The topological polar surface area (TPSA) is 98.0 Å². The minimum Gasteiger partial charge on any atom is -0.497 e. The Labute approximate surface area is 272 Å². The molecular formula is C40H57O5+. The van der Waals surface area contributed by atoms with Crippen LogP contribution in [0, 0.1) is 22.7 Å². The van der Waals surface area contributed by atoms with Crippen molar-refractivity contribution in [3.05, 3.63) is 113 Å². The lowest BCUT2D eigenvalue weighted by Gasteiger charge is -2.45. The normalized spacial score (nSPS) is 31.1. The van der Waals surface area contributed by atoms with E-state index in [2.05, 4.69) is 13.8 Å². The number of ketones is 1. The maximum atomic E-state index is 13.0. The second-order valence-electron chi connectivity index (χ2n) is 14.8. The Hall–Kier alpha value is -3.12. The summed E-state index contributed by atoms with van der Waals surface area (Å²) in [5.41, 5.74) is 2.41. The van der Waals surface area contributed by atoms with Crippen LogP contribution in [-0.4, -0.2) is 44.0 Å². The van der Waals surface area contributed by atoms with Crippen molar-refractivity contribution in [2.75, 3.05) is 0 Å². The number of hydrogen-bond donors (Lipinski definition) is 4. The molecule has 2 aliphatic carbocycles. The van der Waals surface area contributed by atoms with Crippen LogP contribution in [-0.2, 0) is 4.79 Å². The highest BCUT2D eigenvalue weighted by molar-refractivity contribution is 5.96. The van der Waals surface area contributed by atoms with Gasteiger partial charge < -0.3 is 20.4 Å². The zero-order valence-electron chi connectivity index (χ0n) is 29.2. The van der Waals surface area contributed by atoms with E-state index in [1.54, 1.807) is 19.9 Å². The van der Waals surface area contributed by atoms with E-state index in [4.69, 9.17) is 0 Å². The second kappa shape index (κ2) is 15.4. The van der Waals surface area contributed by atoms with Crippen LogP contribution in [0.1, 0.15) is 94.9 Å². The van der Waals surface area contributed by atoms with Crippen molar-refractivity contribution in [1.82, 2.24) is 0 Å². The predicted octanol–water partition coefficient (Wildman–Crippen LogP) is 8.70. The molecule has 0 radical (unpaired) electrons. The van der Waals surface area contributed by atoms with Crippen molar-refractivity contribution in [3.8, 4) is 0 Å². The van der Waals surface area contributed by atoms with Gasteiger partial charge in [-0.2, -0.15) is 0 Å². The highest BCUT2D eigenvalue weighted by atomic mass is 16.3. The maximum Gasteiger partial charge on any atom is 0.178 e. The fourth-order valence-corrected chi connectivity index (χ4v) is 6.52. The first-order chi connectivity index (χ1) is 20.7. The quantitative estimate of drug-likeness (QED) is 0.0805. The summed E-state index contributed by atoms with van der Waals surface area (Å²) in [6.45, 7) is 19.6. The Morgan fingerprint density at radius 3 is 1.89 bits per heavy atom. The van der Waals surface area contributed by atoms with Crippen LogP contribution in [0.5, 0.6) is 0 Å². The van der Waals surface area contributed by atoms with Gasteiger partial charge in [-0.25, -0.2) is 0 Å². The fourth-order valence-electron chi connectivity index (χ4n) is 6.52. The standard InChI is InChI=1S/C40H56O5/c1-28(17-13-18-30(3)21-22-35-37(5,6)24-32(41)27-40(35,10)45)15-11-12-16-29(2)19-14-20-31(4)34(43)23-36(44)39(9)26-33(42)25-38(39,7)8/h11-23,32-33,41-42,45H,24-27H2,1-10H3/p+1/b15-11+,16-12+,18-13+,28-17+,29-19+,30-21-,31-20?,35-22?. The fraction of sp³-hybridized carbons (Fsp3) is 0.500.